The van der Waals surface area contributed by atoms with Crippen LogP contribution in [0, 0.1) is 13.8 Å². The first-order chi connectivity index (χ1) is 19.0. The maximum Gasteiger partial charge on any atom is 0.150 e. The third kappa shape index (κ3) is 4.63. The van der Waals surface area contributed by atoms with Gasteiger partial charge in [-0.05, 0) is 69.2 Å². The van der Waals surface area contributed by atoms with Crippen LogP contribution in [-0.4, -0.2) is 58.2 Å². The first-order valence-corrected chi connectivity index (χ1v) is 14.0. The monoisotopic (exact) mass is 538 g/mol. The number of halogens is 1. The summed E-state index contributed by atoms with van der Waals surface area (Å²) in [6.07, 6.45) is 6.09. The minimum atomic E-state index is 0.514. The van der Waals surface area contributed by atoms with Crippen LogP contribution < -0.4 is 20.4 Å². The van der Waals surface area contributed by atoms with Gasteiger partial charge in [0.25, 0.3) is 0 Å². The van der Waals surface area contributed by atoms with Crippen molar-refractivity contribution < 1.29 is 0 Å². The van der Waals surface area contributed by atoms with E-state index in [-0.39, 0.29) is 0 Å². The van der Waals surface area contributed by atoms with Gasteiger partial charge in [0.15, 0.2) is 11.6 Å². The summed E-state index contributed by atoms with van der Waals surface area (Å²) in [5, 5.41) is 7.72. The predicted molar refractivity (Wildman–Crippen MR) is 158 cm³/mol. The van der Waals surface area contributed by atoms with Gasteiger partial charge >= 0.3 is 0 Å². The molecule has 39 heavy (non-hydrogen) atoms. The molecule has 2 N–H and O–H groups in total. The van der Waals surface area contributed by atoms with Gasteiger partial charge in [-0.25, -0.2) is 9.97 Å². The van der Waals surface area contributed by atoms with E-state index in [1.807, 2.05) is 50.5 Å². The standard InChI is InChI=1S/C15H15ClN4.C15H16N4/c1-9-2-3-10(7-17-9)14-12(16)6-13-15(19-14)18-11-4-5-20(13)8-11;1-10-2-3-11(8-16-10)13-4-5-14-15(18-13)17-12-6-7-19(14)9-12/h2-3,6-7,11H,4-5,8H2,1H3,(H,18,19);2-5,8,12H,6-7,9H2,1H3,(H,17,18)/t11-;12-/m00/s1. The number of nitrogens with one attached hydrogen (secondary N) is 2. The molecule has 8 nitrogen and oxygen atoms in total. The highest BCUT2D eigenvalue weighted by Gasteiger charge is 2.32. The molecule has 198 valence electrons. The third-order valence-electron chi connectivity index (χ3n) is 7.96. The Kier molecular flexibility index (Phi) is 6.00. The zero-order valence-electron chi connectivity index (χ0n) is 22.2. The molecule has 0 aliphatic carbocycles. The van der Waals surface area contributed by atoms with Crippen molar-refractivity contribution in [3.63, 3.8) is 0 Å². The molecule has 2 atom stereocenters. The highest BCUT2D eigenvalue weighted by Crippen LogP contribution is 2.39. The molecule has 4 aromatic rings. The number of rotatable bonds is 2. The lowest BCUT2D eigenvalue weighted by Crippen LogP contribution is -2.32. The smallest absolute Gasteiger partial charge is 0.150 e. The Balaban J connectivity index is 0.000000130. The van der Waals surface area contributed by atoms with Gasteiger partial charge in [0, 0.05) is 73.2 Å². The van der Waals surface area contributed by atoms with E-state index in [2.05, 4.69) is 48.6 Å². The molecule has 9 heteroatoms. The van der Waals surface area contributed by atoms with Crippen molar-refractivity contribution in [1.29, 1.82) is 0 Å². The average molecular weight is 539 g/mol. The molecular formula is C30H31ClN8. The molecule has 8 rings (SSSR count). The second-order valence-corrected chi connectivity index (χ2v) is 11.2. The maximum atomic E-state index is 6.43. The van der Waals surface area contributed by atoms with E-state index in [4.69, 9.17) is 21.6 Å². The Hall–Kier alpha value is -3.91. The summed E-state index contributed by atoms with van der Waals surface area (Å²) in [4.78, 5) is 22.9. The number of hydrogen-bond acceptors (Lipinski definition) is 8. The van der Waals surface area contributed by atoms with Crippen LogP contribution in [0.3, 0.4) is 0 Å². The molecule has 0 spiro atoms. The van der Waals surface area contributed by atoms with E-state index in [0.29, 0.717) is 17.1 Å². The van der Waals surface area contributed by atoms with Gasteiger partial charge in [0.2, 0.25) is 0 Å². The summed E-state index contributed by atoms with van der Waals surface area (Å²) in [5.41, 5.74) is 8.19. The SMILES string of the molecule is Cc1ccc(-c2ccc3c(n2)N[C@H]2CCN3C2)cn1.Cc1ccc(-c2nc3c(cc2Cl)N2CC[C@@H](C2)N3)cn1. The Labute approximate surface area is 233 Å². The molecule has 2 saturated heterocycles. The van der Waals surface area contributed by atoms with Crippen molar-refractivity contribution in [2.45, 2.75) is 38.8 Å². The zero-order chi connectivity index (χ0) is 26.5. The molecule has 4 aromatic heterocycles. The molecule has 0 saturated carbocycles. The number of aromatic nitrogens is 4. The Bertz CT molecular complexity index is 1520. The van der Waals surface area contributed by atoms with E-state index in [1.165, 1.54) is 12.1 Å². The minimum Gasteiger partial charge on any atom is -0.366 e. The fourth-order valence-electron chi connectivity index (χ4n) is 5.81. The maximum absolute atomic E-state index is 6.43. The average Bonchev–Trinajstić information content (AvgIpc) is 3.53. The van der Waals surface area contributed by atoms with Gasteiger partial charge in [-0.1, -0.05) is 11.6 Å². The summed E-state index contributed by atoms with van der Waals surface area (Å²) in [6, 6.07) is 15.5. The number of hydrogen-bond donors (Lipinski definition) is 2. The molecule has 0 unspecified atom stereocenters. The van der Waals surface area contributed by atoms with Gasteiger partial charge in [0.05, 0.1) is 27.8 Å². The quantitative estimate of drug-likeness (QED) is 0.343. The second-order valence-electron chi connectivity index (χ2n) is 10.8. The van der Waals surface area contributed by atoms with Crippen LogP contribution in [0.1, 0.15) is 24.2 Å². The van der Waals surface area contributed by atoms with Gasteiger partial charge in [0.1, 0.15) is 0 Å². The number of aryl methyl sites for hydroxylation is 2. The van der Waals surface area contributed by atoms with Gasteiger partial charge in [-0.2, -0.15) is 0 Å². The highest BCUT2D eigenvalue weighted by atomic mass is 35.5. The molecule has 2 fully saturated rings. The van der Waals surface area contributed by atoms with Crippen molar-refractivity contribution in [2.75, 3.05) is 46.6 Å². The number of fused-ring (bicyclic) bond motifs is 8. The van der Waals surface area contributed by atoms with Gasteiger partial charge < -0.3 is 20.4 Å². The van der Waals surface area contributed by atoms with Crippen LogP contribution in [0.25, 0.3) is 22.5 Å². The lowest BCUT2D eigenvalue weighted by atomic mass is 10.1. The van der Waals surface area contributed by atoms with Crippen LogP contribution in [0.4, 0.5) is 23.0 Å². The molecule has 4 aliphatic heterocycles. The Morgan fingerprint density at radius 3 is 2.00 bits per heavy atom. The Morgan fingerprint density at radius 2 is 1.36 bits per heavy atom. The summed E-state index contributed by atoms with van der Waals surface area (Å²) >= 11 is 6.43. The van der Waals surface area contributed by atoms with Crippen LogP contribution in [-0.2, 0) is 0 Å². The van der Waals surface area contributed by atoms with Crippen LogP contribution in [0.15, 0.2) is 54.9 Å². The predicted octanol–water partition coefficient (Wildman–Crippen LogP) is 5.57. The molecule has 8 heterocycles. The van der Waals surface area contributed by atoms with E-state index >= 15 is 0 Å². The molecular weight excluding hydrogens is 508 g/mol. The largest absolute Gasteiger partial charge is 0.366 e. The van der Waals surface area contributed by atoms with Crippen LogP contribution in [0.5, 0.6) is 0 Å². The summed E-state index contributed by atoms with van der Waals surface area (Å²) in [7, 11) is 0. The van der Waals surface area contributed by atoms with Crippen LogP contribution in [0.2, 0.25) is 5.02 Å². The normalized spacial score (nSPS) is 19.9. The fraction of sp³-hybridized carbons (Fsp3) is 0.333. The van der Waals surface area contributed by atoms with Gasteiger partial charge in [-0.15, -0.1) is 0 Å². The van der Waals surface area contributed by atoms with E-state index in [1.54, 1.807) is 0 Å². The van der Waals surface area contributed by atoms with Crippen molar-refractivity contribution in [3.8, 4) is 22.5 Å². The zero-order valence-corrected chi connectivity index (χ0v) is 22.9. The molecule has 4 bridgehead atoms. The molecule has 0 amide bonds. The number of nitrogens with zero attached hydrogens (tertiary/aromatic N) is 6. The lowest BCUT2D eigenvalue weighted by molar-refractivity contribution is 0.788. The first-order valence-electron chi connectivity index (χ1n) is 13.6. The van der Waals surface area contributed by atoms with E-state index < -0.39 is 0 Å². The summed E-state index contributed by atoms with van der Waals surface area (Å²) in [5.74, 6) is 1.96. The van der Waals surface area contributed by atoms with Crippen molar-refractivity contribution in [2.24, 2.45) is 0 Å². The third-order valence-corrected chi connectivity index (χ3v) is 8.25. The topological polar surface area (TPSA) is 82.1 Å². The lowest BCUT2D eigenvalue weighted by Gasteiger charge is -2.28. The second kappa shape index (κ2) is 9.68. The van der Waals surface area contributed by atoms with Crippen molar-refractivity contribution in [1.82, 2.24) is 19.9 Å². The Morgan fingerprint density at radius 1 is 0.744 bits per heavy atom. The van der Waals surface area contributed by atoms with Crippen molar-refractivity contribution in [3.05, 3.63) is 71.3 Å². The molecule has 0 aromatic carbocycles. The molecule has 0 radical (unpaired) electrons. The highest BCUT2D eigenvalue weighted by molar-refractivity contribution is 6.33. The van der Waals surface area contributed by atoms with Crippen LogP contribution >= 0.6 is 11.6 Å². The first kappa shape index (κ1) is 24.2. The summed E-state index contributed by atoms with van der Waals surface area (Å²) in [6.45, 7) is 8.34. The summed E-state index contributed by atoms with van der Waals surface area (Å²) < 4.78 is 0. The van der Waals surface area contributed by atoms with E-state index in [9.17, 15) is 0 Å². The fourth-order valence-corrected chi connectivity index (χ4v) is 6.07. The van der Waals surface area contributed by atoms with Gasteiger partial charge in [-0.3, -0.25) is 9.97 Å². The van der Waals surface area contributed by atoms with Crippen molar-refractivity contribution >= 4 is 34.6 Å². The minimum absolute atomic E-state index is 0.514. The molecule has 4 aliphatic rings. The number of anilines is 4. The number of pyridine rings is 4. The van der Waals surface area contributed by atoms with E-state index in [0.717, 1.165) is 83.8 Å².